The fourth-order valence-corrected chi connectivity index (χ4v) is 2.33. The Morgan fingerprint density at radius 3 is 2.56 bits per heavy atom. The maximum Gasteiger partial charge on any atom is 0.0794 e. The van der Waals surface area contributed by atoms with Crippen LogP contribution in [0.3, 0.4) is 0 Å². The number of nitrogens with zero attached hydrogens (tertiary/aromatic N) is 1. The van der Waals surface area contributed by atoms with Crippen molar-refractivity contribution in [2.24, 2.45) is 0 Å². The maximum absolute atomic E-state index is 4.06. The van der Waals surface area contributed by atoms with Gasteiger partial charge >= 0.3 is 0 Å². The minimum absolute atomic E-state index is 0.901. The van der Waals surface area contributed by atoms with Crippen molar-refractivity contribution in [3.63, 3.8) is 0 Å². The molecule has 0 aliphatic rings. The predicted molar refractivity (Wildman–Crippen MR) is 68.6 cm³/mol. The monoisotopic (exact) mass is 232 g/mol. The molecule has 3 heteroatoms. The van der Waals surface area contributed by atoms with Gasteiger partial charge in [-0.3, -0.25) is 4.98 Å². The van der Waals surface area contributed by atoms with Gasteiger partial charge in [-0.2, -0.15) is 0 Å². The third kappa shape index (κ3) is 2.68. The number of hydrogen-bond acceptors (Lipinski definition) is 3. The van der Waals surface area contributed by atoms with Crippen molar-refractivity contribution >= 4 is 11.3 Å². The highest BCUT2D eigenvalue weighted by molar-refractivity contribution is 7.09. The number of aromatic nitrogens is 1. The second-order valence-corrected chi connectivity index (χ2v) is 4.91. The van der Waals surface area contributed by atoms with Crippen molar-refractivity contribution in [2.45, 2.75) is 26.9 Å². The summed E-state index contributed by atoms with van der Waals surface area (Å²) in [5.74, 6) is 0. The lowest BCUT2D eigenvalue weighted by Crippen LogP contribution is -2.13. The summed E-state index contributed by atoms with van der Waals surface area (Å²) in [7, 11) is 0. The fraction of sp³-hybridized carbons (Fsp3) is 0.308. The third-order valence-corrected chi connectivity index (χ3v) is 3.51. The fourth-order valence-electron chi connectivity index (χ4n) is 1.77. The number of rotatable bonds is 4. The van der Waals surface area contributed by atoms with Crippen LogP contribution in [0.2, 0.25) is 0 Å². The van der Waals surface area contributed by atoms with Gasteiger partial charge in [-0.25, -0.2) is 0 Å². The maximum atomic E-state index is 4.06. The molecule has 1 aromatic carbocycles. The molecule has 0 radical (unpaired) electrons. The molecule has 0 saturated carbocycles. The van der Waals surface area contributed by atoms with Crippen LogP contribution in [0.25, 0.3) is 0 Å². The molecule has 0 fully saturated rings. The van der Waals surface area contributed by atoms with Crippen molar-refractivity contribution < 1.29 is 0 Å². The smallest absolute Gasteiger partial charge is 0.0794 e. The van der Waals surface area contributed by atoms with Crippen LogP contribution in [0.1, 0.15) is 21.6 Å². The standard InChI is InChI=1S/C13H16N2S/c1-10-4-3-5-11(2)13(10)8-14-6-12-7-15-9-16-12/h3-5,7,9,14H,6,8H2,1-2H3. The lowest BCUT2D eigenvalue weighted by atomic mass is 10.0. The number of thiazole rings is 1. The van der Waals surface area contributed by atoms with Gasteiger partial charge in [0.2, 0.25) is 0 Å². The molecule has 0 amide bonds. The highest BCUT2D eigenvalue weighted by Crippen LogP contribution is 2.13. The van der Waals surface area contributed by atoms with E-state index in [1.165, 1.54) is 21.6 Å². The largest absolute Gasteiger partial charge is 0.308 e. The lowest BCUT2D eigenvalue weighted by Gasteiger charge is -2.10. The molecule has 1 aromatic heterocycles. The highest BCUT2D eigenvalue weighted by atomic mass is 32.1. The Hall–Kier alpha value is -1.19. The summed E-state index contributed by atoms with van der Waals surface area (Å²) < 4.78 is 0. The van der Waals surface area contributed by atoms with Crippen LogP contribution in [-0.4, -0.2) is 4.98 Å². The molecule has 0 aliphatic carbocycles. The molecule has 0 unspecified atom stereocenters. The van der Waals surface area contributed by atoms with Gasteiger partial charge < -0.3 is 5.32 Å². The molecule has 0 atom stereocenters. The van der Waals surface area contributed by atoms with Gasteiger partial charge in [0.25, 0.3) is 0 Å². The first-order chi connectivity index (χ1) is 7.77. The van der Waals surface area contributed by atoms with Crippen LogP contribution in [0, 0.1) is 13.8 Å². The van der Waals surface area contributed by atoms with Gasteiger partial charge in [-0.15, -0.1) is 11.3 Å². The molecule has 84 valence electrons. The van der Waals surface area contributed by atoms with Crippen molar-refractivity contribution in [3.8, 4) is 0 Å². The van der Waals surface area contributed by atoms with Gasteiger partial charge in [0.1, 0.15) is 0 Å². The molecule has 1 heterocycles. The van der Waals surface area contributed by atoms with Gasteiger partial charge in [0.15, 0.2) is 0 Å². The number of benzene rings is 1. The quantitative estimate of drug-likeness (QED) is 0.876. The number of aryl methyl sites for hydroxylation is 2. The van der Waals surface area contributed by atoms with E-state index in [-0.39, 0.29) is 0 Å². The Morgan fingerprint density at radius 2 is 1.94 bits per heavy atom. The van der Waals surface area contributed by atoms with Gasteiger partial charge in [-0.05, 0) is 30.5 Å². The van der Waals surface area contributed by atoms with Crippen LogP contribution in [0.5, 0.6) is 0 Å². The second kappa shape index (κ2) is 5.23. The van der Waals surface area contributed by atoms with Crippen LogP contribution >= 0.6 is 11.3 Å². The number of hydrogen-bond donors (Lipinski definition) is 1. The minimum Gasteiger partial charge on any atom is -0.308 e. The first-order valence-corrected chi connectivity index (χ1v) is 6.28. The van der Waals surface area contributed by atoms with Crippen LogP contribution in [-0.2, 0) is 13.1 Å². The SMILES string of the molecule is Cc1cccc(C)c1CNCc1cncs1. The Balaban J connectivity index is 1.95. The van der Waals surface area contributed by atoms with E-state index in [9.17, 15) is 0 Å². The first-order valence-electron chi connectivity index (χ1n) is 5.40. The van der Waals surface area contributed by atoms with Crippen molar-refractivity contribution in [1.29, 1.82) is 0 Å². The summed E-state index contributed by atoms with van der Waals surface area (Å²) in [5, 5.41) is 3.46. The molecule has 2 nitrogen and oxygen atoms in total. The van der Waals surface area contributed by atoms with E-state index in [4.69, 9.17) is 0 Å². The van der Waals surface area contributed by atoms with Gasteiger partial charge in [0.05, 0.1) is 5.51 Å². The molecule has 0 spiro atoms. The van der Waals surface area contributed by atoms with E-state index in [0.29, 0.717) is 0 Å². The van der Waals surface area contributed by atoms with E-state index in [1.54, 1.807) is 11.3 Å². The molecule has 0 saturated heterocycles. The van der Waals surface area contributed by atoms with Crippen molar-refractivity contribution in [1.82, 2.24) is 10.3 Å². The first kappa shape index (κ1) is 11.3. The summed E-state index contributed by atoms with van der Waals surface area (Å²) in [6.45, 7) is 6.16. The predicted octanol–water partition coefficient (Wildman–Crippen LogP) is 3.05. The molecule has 2 rings (SSSR count). The second-order valence-electron chi connectivity index (χ2n) is 3.94. The van der Waals surface area contributed by atoms with Crippen molar-refractivity contribution in [3.05, 3.63) is 51.5 Å². The minimum atomic E-state index is 0.901. The zero-order valence-electron chi connectivity index (χ0n) is 9.66. The van der Waals surface area contributed by atoms with E-state index in [0.717, 1.165) is 13.1 Å². The average molecular weight is 232 g/mol. The molecular weight excluding hydrogens is 216 g/mol. The number of nitrogens with one attached hydrogen (secondary N) is 1. The van der Waals surface area contributed by atoms with Crippen LogP contribution < -0.4 is 5.32 Å². The van der Waals surface area contributed by atoms with E-state index in [2.05, 4.69) is 42.3 Å². The Bertz CT molecular complexity index is 429. The normalized spacial score (nSPS) is 10.6. The highest BCUT2D eigenvalue weighted by Gasteiger charge is 2.01. The summed E-state index contributed by atoms with van der Waals surface area (Å²) in [6.07, 6.45) is 1.92. The zero-order chi connectivity index (χ0) is 11.4. The van der Waals surface area contributed by atoms with E-state index in [1.807, 2.05) is 11.7 Å². The van der Waals surface area contributed by atoms with E-state index < -0.39 is 0 Å². The lowest BCUT2D eigenvalue weighted by molar-refractivity contribution is 0.694. The average Bonchev–Trinajstić information content (AvgIpc) is 2.75. The Labute approximate surface area is 100 Å². The molecule has 16 heavy (non-hydrogen) atoms. The molecule has 1 N–H and O–H groups in total. The molecular formula is C13H16N2S. The Kier molecular flexibility index (Phi) is 3.70. The molecule has 0 aliphatic heterocycles. The van der Waals surface area contributed by atoms with Gasteiger partial charge in [0, 0.05) is 24.2 Å². The van der Waals surface area contributed by atoms with Crippen LogP contribution in [0.4, 0.5) is 0 Å². The summed E-state index contributed by atoms with van der Waals surface area (Å²) in [4.78, 5) is 5.35. The van der Waals surface area contributed by atoms with E-state index >= 15 is 0 Å². The summed E-state index contributed by atoms with van der Waals surface area (Å²) >= 11 is 1.69. The third-order valence-electron chi connectivity index (χ3n) is 2.73. The molecule has 0 bridgehead atoms. The topological polar surface area (TPSA) is 24.9 Å². The summed E-state index contributed by atoms with van der Waals surface area (Å²) in [5.41, 5.74) is 6.00. The van der Waals surface area contributed by atoms with Crippen molar-refractivity contribution in [2.75, 3.05) is 0 Å². The zero-order valence-corrected chi connectivity index (χ0v) is 10.5. The summed E-state index contributed by atoms with van der Waals surface area (Å²) in [6, 6.07) is 6.44. The Morgan fingerprint density at radius 1 is 1.19 bits per heavy atom. The molecule has 2 aromatic rings. The van der Waals surface area contributed by atoms with Crippen LogP contribution in [0.15, 0.2) is 29.9 Å². The van der Waals surface area contributed by atoms with Gasteiger partial charge in [-0.1, -0.05) is 18.2 Å².